The Bertz CT molecular complexity index is 3320. The Balaban J connectivity index is 1.09. The van der Waals surface area contributed by atoms with Gasteiger partial charge in [0.2, 0.25) is 0 Å². The largest absolute Gasteiger partial charge is 0.0836 e. The highest BCUT2D eigenvalue weighted by molar-refractivity contribution is 6.30. The van der Waals surface area contributed by atoms with Crippen molar-refractivity contribution >= 4 is 70.7 Å². The van der Waals surface area contributed by atoms with Crippen LogP contribution in [-0.2, 0) is 6.42 Å². The van der Waals surface area contributed by atoms with E-state index in [0.717, 1.165) is 12.8 Å². The van der Waals surface area contributed by atoms with Crippen LogP contribution in [0, 0.1) is 0 Å². The summed E-state index contributed by atoms with van der Waals surface area (Å²) in [5, 5.41) is 15.5. The van der Waals surface area contributed by atoms with Crippen molar-refractivity contribution in [3.05, 3.63) is 199 Å². The molecule has 0 aliphatic heterocycles. The van der Waals surface area contributed by atoms with Crippen LogP contribution in [0.25, 0.3) is 115 Å². The van der Waals surface area contributed by atoms with Gasteiger partial charge >= 0.3 is 0 Å². The molecule has 0 saturated carbocycles. The molecule has 56 heavy (non-hydrogen) atoms. The fraction of sp³-hybridized carbons (Fsp3) is 0.0357. The van der Waals surface area contributed by atoms with Gasteiger partial charge in [0.05, 0.1) is 0 Å². The van der Waals surface area contributed by atoms with Gasteiger partial charge < -0.3 is 0 Å². The maximum Gasteiger partial charge on any atom is -0.00199 e. The molecule has 0 bridgehead atoms. The minimum atomic E-state index is 1.13. The van der Waals surface area contributed by atoms with Gasteiger partial charge in [-0.2, -0.15) is 0 Å². The first-order valence-electron chi connectivity index (χ1n) is 19.8. The van der Waals surface area contributed by atoms with E-state index in [1.54, 1.807) is 0 Å². The maximum atomic E-state index is 2.44. The van der Waals surface area contributed by atoms with E-state index in [0.29, 0.717) is 0 Å². The Morgan fingerprint density at radius 1 is 0.321 bits per heavy atom. The first-order valence-corrected chi connectivity index (χ1v) is 19.8. The molecule has 0 saturated heterocycles. The molecule has 0 spiro atoms. The number of allylic oxidation sites excluding steroid dienone is 1. The van der Waals surface area contributed by atoms with Crippen molar-refractivity contribution < 1.29 is 0 Å². The van der Waals surface area contributed by atoms with Crippen molar-refractivity contribution in [2.24, 2.45) is 0 Å². The number of hydrogen-bond donors (Lipinski definition) is 0. The SMILES string of the molecule is C1=Cc2cc(-c3ccc(-c4cc(-c5c6ccccc6c(-c6ccc7ccc8cccc9ccc6c7c89)c6ccccc56)c5ccccc5c4)cc3)ccc2CC1. The monoisotopic (exact) mass is 708 g/mol. The number of hydrogen-bond acceptors (Lipinski definition) is 0. The highest BCUT2D eigenvalue weighted by Crippen LogP contribution is 2.49. The van der Waals surface area contributed by atoms with Crippen molar-refractivity contribution in [2.75, 3.05) is 0 Å². The second-order valence-electron chi connectivity index (χ2n) is 15.5. The minimum Gasteiger partial charge on any atom is -0.0836 e. The summed E-state index contributed by atoms with van der Waals surface area (Å²) < 4.78 is 0. The van der Waals surface area contributed by atoms with E-state index in [4.69, 9.17) is 0 Å². The van der Waals surface area contributed by atoms with Gasteiger partial charge in [-0.15, -0.1) is 0 Å². The van der Waals surface area contributed by atoms with Crippen molar-refractivity contribution in [3.63, 3.8) is 0 Å². The molecule has 0 nitrogen and oxygen atoms in total. The van der Waals surface area contributed by atoms with E-state index in [1.807, 2.05) is 0 Å². The van der Waals surface area contributed by atoms with Gasteiger partial charge in [0.1, 0.15) is 0 Å². The summed E-state index contributed by atoms with van der Waals surface area (Å²) in [4.78, 5) is 0. The molecule has 0 heteroatoms. The second kappa shape index (κ2) is 12.2. The molecule has 1 aliphatic carbocycles. The Kier molecular flexibility index (Phi) is 6.86. The fourth-order valence-corrected chi connectivity index (χ4v) is 9.81. The zero-order valence-electron chi connectivity index (χ0n) is 30.9. The van der Waals surface area contributed by atoms with Crippen LogP contribution in [0.3, 0.4) is 0 Å². The second-order valence-corrected chi connectivity index (χ2v) is 15.5. The first-order chi connectivity index (χ1) is 27.8. The van der Waals surface area contributed by atoms with Crippen molar-refractivity contribution in [2.45, 2.75) is 12.8 Å². The number of fused-ring (bicyclic) bond motifs is 4. The fourth-order valence-electron chi connectivity index (χ4n) is 9.81. The Morgan fingerprint density at radius 2 is 0.875 bits per heavy atom. The molecule has 260 valence electrons. The lowest BCUT2D eigenvalue weighted by Crippen LogP contribution is -1.94. The van der Waals surface area contributed by atoms with Crippen LogP contribution in [-0.4, -0.2) is 0 Å². The quantitative estimate of drug-likeness (QED) is 0.126. The average Bonchev–Trinajstić information content (AvgIpc) is 3.27. The van der Waals surface area contributed by atoms with E-state index in [2.05, 4.69) is 194 Å². The van der Waals surface area contributed by atoms with E-state index in [1.165, 1.54) is 120 Å². The molecule has 11 aromatic rings. The summed E-state index contributed by atoms with van der Waals surface area (Å²) in [5.74, 6) is 0. The van der Waals surface area contributed by atoms with Crippen LogP contribution in [0.4, 0.5) is 0 Å². The summed E-state index contributed by atoms with van der Waals surface area (Å²) in [6.07, 6.45) is 6.83. The zero-order valence-corrected chi connectivity index (χ0v) is 30.9. The van der Waals surface area contributed by atoms with Gasteiger partial charge in [-0.3, -0.25) is 0 Å². The molecular weight excluding hydrogens is 673 g/mol. The standard InChI is InChI=1S/C56H36/c1-2-11-41-32-42(27-24-35(41)10-1)36-20-22-37(23-21-36)44-33-43-12-3-4-15-45(43)52(34-44)56-48-18-7-5-16-46(48)55(47-17-6-8-19-49(47)56)51-31-29-40-26-25-38-13-9-14-39-28-30-50(51)54(40)53(38)39/h2-9,11-34H,1,10H2. The number of rotatable bonds is 4. The van der Waals surface area contributed by atoms with E-state index < -0.39 is 0 Å². The van der Waals surface area contributed by atoms with E-state index in [-0.39, 0.29) is 0 Å². The maximum absolute atomic E-state index is 2.44. The van der Waals surface area contributed by atoms with Crippen LogP contribution in [0.15, 0.2) is 188 Å². The normalized spacial score (nSPS) is 12.8. The molecule has 0 amide bonds. The molecule has 11 aromatic carbocycles. The summed E-state index contributed by atoms with van der Waals surface area (Å²) in [6, 6.07) is 68.5. The molecule has 0 N–H and O–H groups in total. The van der Waals surface area contributed by atoms with Gasteiger partial charge in [-0.25, -0.2) is 0 Å². The zero-order chi connectivity index (χ0) is 36.7. The third kappa shape index (κ3) is 4.73. The summed E-state index contributed by atoms with van der Waals surface area (Å²) >= 11 is 0. The highest BCUT2D eigenvalue weighted by Gasteiger charge is 2.21. The molecule has 0 heterocycles. The van der Waals surface area contributed by atoms with Crippen LogP contribution in [0.2, 0.25) is 0 Å². The van der Waals surface area contributed by atoms with Gasteiger partial charge in [0.15, 0.2) is 0 Å². The third-order valence-electron chi connectivity index (χ3n) is 12.4. The van der Waals surface area contributed by atoms with Crippen LogP contribution < -0.4 is 0 Å². The van der Waals surface area contributed by atoms with Crippen LogP contribution in [0.5, 0.6) is 0 Å². The molecule has 0 aromatic heterocycles. The summed E-state index contributed by atoms with van der Waals surface area (Å²) in [6.45, 7) is 0. The number of aryl methyl sites for hydroxylation is 1. The van der Waals surface area contributed by atoms with Crippen molar-refractivity contribution in [1.29, 1.82) is 0 Å². The predicted octanol–water partition coefficient (Wildman–Crippen LogP) is 15.7. The molecule has 12 rings (SSSR count). The Morgan fingerprint density at radius 3 is 1.59 bits per heavy atom. The van der Waals surface area contributed by atoms with Gasteiger partial charge in [0, 0.05) is 0 Å². The average molecular weight is 709 g/mol. The third-order valence-corrected chi connectivity index (χ3v) is 12.4. The van der Waals surface area contributed by atoms with Crippen LogP contribution >= 0.6 is 0 Å². The van der Waals surface area contributed by atoms with Crippen molar-refractivity contribution in [1.82, 2.24) is 0 Å². The summed E-state index contributed by atoms with van der Waals surface area (Å²) in [7, 11) is 0. The molecule has 0 unspecified atom stereocenters. The van der Waals surface area contributed by atoms with E-state index in [9.17, 15) is 0 Å². The van der Waals surface area contributed by atoms with Gasteiger partial charge in [-0.05, 0) is 151 Å². The smallest absolute Gasteiger partial charge is 0.00199 e. The van der Waals surface area contributed by atoms with Crippen LogP contribution in [0.1, 0.15) is 17.5 Å². The van der Waals surface area contributed by atoms with E-state index >= 15 is 0 Å². The van der Waals surface area contributed by atoms with Gasteiger partial charge in [-0.1, -0.05) is 176 Å². The molecule has 0 atom stereocenters. The predicted molar refractivity (Wildman–Crippen MR) is 242 cm³/mol. The molecule has 1 aliphatic rings. The first kappa shape index (κ1) is 31.3. The Hall–Kier alpha value is -7.02. The van der Waals surface area contributed by atoms with Gasteiger partial charge in [0.25, 0.3) is 0 Å². The lowest BCUT2D eigenvalue weighted by molar-refractivity contribution is 0.986. The summed E-state index contributed by atoms with van der Waals surface area (Å²) in [5.41, 5.74) is 12.9. The molecular formula is C56H36. The van der Waals surface area contributed by atoms with Crippen molar-refractivity contribution in [3.8, 4) is 44.5 Å². The lowest BCUT2D eigenvalue weighted by atomic mass is 9.82. The Labute approximate surface area is 325 Å². The molecule has 0 radical (unpaired) electrons. The minimum absolute atomic E-state index is 1.13. The molecule has 0 fully saturated rings. The topological polar surface area (TPSA) is 0 Å². The number of benzene rings is 11. The highest BCUT2D eigenvalue weighted by atomic mass is 14.2. The lowest BCUT2D eigenvalue weighted by Gasteiger charge is -2.21.